The minimum absolute atomic E-state index is 0.0845. The summed E-state index contributed by atoms with van der Waals surface area (Å²) in [7, 11) is 0. The van der Waals surface area contributed by atoms with Crippen molar-refractivity contribution in [2.75, 3.05) is 0 Å². The molecule has 0 fully saturated rings. The van der Waals surface area contributed by atoms with E-state index in [2.05, 4.69) is 34.7 Å². The first kappa shape index (κ1) is 12.7. The third kappa shape index (κ3) is 2.94. The van der Waals surface area contributed by atoms with Crippen LogP contribution in [-0.4, -0.2) is 14.8 Å². The van der Waals surface area contributed by atoms with E-state index in [1.165, 1.54) is 5.56 Å². The Kier molecular flexibility index (Phi) is 4.07. The van der Waals surface area contributed by atoms with Crippen LogP contribution >= 0.6 is 0 Å². The van der Waals surface area contributed by atoms with E-state index in [1.54, 1.807) is 0 Å². The Bertz CT molecular complexity index is 506. The van der Waals surface area contributed by atoms with Crippen molar-refractivity contribution in [1.29, 1.82) is 0 Å². The first-order chi connectivity index (χ1) is 8.72. The van der Waals surface area contributed by atoms with Crippen LogP contribution in [0, 0.1) is 6.92 Å². The zero-order valence-corrected chi connectivity index (χ0v) is 10.8. The van der Waals surface area contributed by atoms with Crippen molar-refractivity contribution in [2.45, 2.75) is 32.9 Å². The fourth-order valence-electron chi connectivity index (χ4n) is 1.98. The molecular formula is C13H19N5. The van der Waals surface area contributed by atoms with Crippen molar-refractivity contribution >= 4 is 0 Å². The summed E-state index contributed by atoms with van der Waals surface area (Å²) in [4.78, 5) is 4.20. The molecule has 3 N–H and O–H groups in total. The molecule has 5 heteroatoms. The summed E-state index contributed by atoms with van der Waals surface area (Å²) >= 11 is 0. The van der Waals surface area contributed by atoms with Gasteiger partial charge in [-0.2, -0.15) is 5.10 Å². The van der Waals surface area contributed by atoms with Gasteiger partial charge in [0, 0.05) is 24.6 Å². The lowest BCUT2D eigenvalue weighted by molar-refractivity contribution is 0.550. The van der Waals surface area contributed by atoms with Crippen molar-refractivity contribution in [3.63, 3.8) is 0 Å². The van der Waals surface area contributed by atoms with Crippen LogP contribution in [-0.2, 0) is 13.0 Å². The Hall–Kier alpha value is -1.72. The van der Waals surface area contributed by atoms with E-state index >= 15 is 0 Å². The molecule has 0 aliphatic carbocycles. The number of pyridine rings is 1. The highest BCUT2D eigenvalue weighted by Gasteiger charge is 2.12. The number of aromatic nitrogens is 3. The van der Waals surface area contributed by atoms with E-state index in [0.717, 1.165) is 24.2 Å². The molecule has 0 saturated heterocycles. The molecule has 0 amide bonds. The number of hydrogen-bond donors (Lipinski definition) is 2. The second kappa shape index (κ2) is 5.75. The number of hydrazine groups is 1. The van der Waals surface area contributed by atoms with Gasteiger partial charge >= 0.3 is 0 Å². The molecule has 2 aromatic heterocycles. The monoisotopic (exact) mass is 245 g/mol. The number of rotatable bonds is 5. The van der Waals surface area contributed by atoms with Crippen LogP contribution in [0.4, 0.5) is 0 Å². The Labute approximate surface area is 107 Å². The summed E-state index contributed by atoms with van der Waals surface area (Å²) in [6, 6.07) is 4.12. The molecule has 0 aliphatic rings. The molecule has 2 heterocycles. The van der Waals surface area contributed by atoms with Gasteiger partial charge in [0.05, 0.1) is 12.2 Å². The molecular weight excluding hydrogens is 226 g/mol. The summed E-state index contributed by atoms with van der Waals surface area (Å²) < 4.78 is 1.92. The van der Waals surface area contributed by atoms with Gasteiger partial charge in [-0.1, -0.05) is 0 Å². The molecule has 0 aromatic carbocycles. The maximum Gasteiger partial charge on any atom is 0.0522 e. The summed E-state index contributed by atoms with van der Waals surface area (Å²) in [5.41, 5.74) is 6.18. The van der Waals surface area contributed by atoms with Crippen LogP contribution in [0.5, 0.6) is 0 Å². The first-order valence-electron chi connectivity index (χ1n) is 6.13. The summed E-state index contributed by atoms with van der Waals surface area (Å²) in [5, 5.41) is 4.27. The predicted octanol–water partition coefficient (Wildman–Crippen LogP) is 1.35. The maximum absolute atomic E-state index is 5.64. The lowest BCUT2D eigenvalue weighted by atomic mass is 10.0. The number of nitrogens with two attached hydrogens (primary N) is 1. The molecule has 5 nitrogen and oxygen atoms in total. The number of nitrogens with one attached hydrogen (secondary N) is 1. The van der Waals surface area contributed by atoms with Gasteiger partial charge in [0.25, 0.3) is 0 Å². The molecule has 96 valence electrons. The van der Waals surface area contributed by atoms with E-state index in [1.807, 2.05) is 30.1 Å². The lowest BCUT2D eigenvalue weighted by Gasteiger charge is -2.15. The van der Waals surface area contributed by atoms with Crippen molar-refractivity contribution in [2.24, 2.45) is 5.84 Å². The largest absolute Gasteiger partial charge is 0.273 e. The minimum atomic E-state index is 0.0845. The number of nitrogens with zero attached hydrogens (tertiary/aromatic N) is 3. The Balaban J connectivity index is 2.14. The SMILES string of the molecule is CCn1cc(CC(NN)c2ccnc(C)c2)cn1. The van der Waals surface area contributed by atoms with Crippen molar-refractivity contribution in [3.05, 3.63) is 47.5 Å². The average Bonchev–Trinajstić information content (AvgIpc) is 2.83. The smallest absolute Gasteiger partial charge is 0.0522 e. The van der Waals surface area contributed by atoms with Crippen LogP contribution in [0.15, 0.2) is 30.7 Å². The van der Waals surface area contributed by atoms with E-state index in [0.29, 0.717) is 0 Å². The standard InChI is InChI=1S/C13H19N5/c1-3-18-9-11(8-16-18)7-13(17-14)12-4-5-15-10(2)6-12/h4-6,8-9,13,17H,3,7,14H2,1-2H3. The highest BCUT2D eigenvalue weighted by molar-refractivity contribution is 5.22. The van der Waals surface area contributed by atoms with E-state index in [-0.39, 0.29) is 6.04 Å². The van der Waals surface area contributed by atoms with Crippen molar-refractivity contribution in [1.82, 2.24) is 20.2 Å². The second-order valence-corrected chi connectivity index (χ2v) is 4.36. The average molecular weight is 245 g/mol. The van der Waals surface area contributed by atoms with Gasteiger partial charge in [0.2, 0.25) is 0 Å². The van der Waals surface area contributed by atoms with Gasteiger partial charge in [-0.05, 0) is 43.5 Å². The maximum atomic E-state index is 5.64. The van der Waals surface area contributed by atoms with Gasteiger partial charge in [-0.3, -0.25) is 20.9 Å². The van der Waals surface area contributed by atoms with Crippen LogP contribution in [0.25, 0.3) is 0 Å². The van der Waals surface area contributed by atoms with Crippen LogP contribution in [0.1, 0.15) is 29.8 Å². The van der Waals surface area contributed by atoms with Gasteiger partial charge in [0.15, 0.2) is 0 Å². The fourth-order valence-corrected chi connectivity index (χ4v) is 1.98. The Morgan fingerprint density at radius 1 is 1.50 bits per heavy atom. The molecule has 0 aliphatic heterocycles. The highest BCUT2D eigenvalue weighted by Crippen LogP contribution is 2.17. The topological polar surface area (TPSA) is 68.8 Å². The van der Waals surface area contributed by atoms with E-state index in [9.17, 15) is 0 Å². The molecule has 0 spiro atoms. The highest BCUT2D eigenvalue weighted by atomic mass is 15.3. The quantitative estimate of drug-likeness (QED) is 0.616. The molecule has 1 unspecified atom stereocenters. The van der Waals surface area contributed by atoms with Crippen LogP contribution in [0.3, 0.4) is 0 Å². The third-order valence-corrected chi connectivity index (χ3v) is 2.97. The Morgan fingerprint density at radius 3 is 2.94 bits per heavy atom. The Morgan fingerprint density at radius 2 is 2.33 bits per heavy atom. The summed E-state index contributed by atoms with van der Waals surface area (Å²) in [6.07, 6.45) is 6.57. The third-order valence-electron chi connectivity index (χ3n) is 2.97. The first-order valence-corrected chi connectivity index (χ1v) is 6.13. The van der Waals surface area contributed by atoms with Gasteiger partial charge in [-0.15, -0.1) is 0 Å². The zero-order valence-electron chi connectivity index (χ0n) is 10.8. The molecule has 2 aromatic rings. The minimum Gasteiger partial charge on any atom is -0.273 e. The van der Waals surface area contributed by atoms with Crippen molar-refractivity contribution < 1.29 is 0 Å². The fraction of sp³-hybridized carbons (Fsp3) is 0.385. The van der Waals surface area contributed by atoms with Crippen LogP contribution < -0.4 is 11.3 Å². The van der Waals surface area contributed by atoms with Crippen LogP contribution in [0.2, 0.25) is 0 Å². The lowest BCUT2D eigenvalue weighted by Crippen LogP contribution is -2.29. The second-order valence-electron chi connectivity index (χ2n) is 4.36. The summed E-state index contributed by atoms with van der Waals surface area (Å²) in [5.74, 6) is 5.64. The van der Waals surface area contributed by atoms with Gasteiger partial charge in [0.1, 0.15) is 0 Å². The number of aryl methyl sites for hydroxylation is 2. The molecule has 0 saturated carbocycles. The molecule has 18 heavy (non-hydrogen) atoms. The zero-order chi connectivity index (χ0) is 13.0. The normalized spacial score (nSPS) is 12.6. The predicted molar refractivity (Wildman–Crippen MR) is 70.6 cm³/mol. The van der Waals surface area contributed by atoms with E-state index in [4.69, 9.17) is 5.84 Å². The molecule has 0 bridgehead atoms. The van der Waals surface area contributed by atoms with E-state index < -0.39 is 0 Å². The molecule has 0 radical (unpaired) electrons. The molecule has 2 rings (SSSR count). The van der Waals surface area contributed by atoms with Gasteiger partial charge < -0.3 is 0 Å². The van der Waals surface area contributed by atoms with Gasteiger partial charge in [-0.25, -0.2) is 0 Å². The summed E-state index contributed by atoms with van der Waals surface area (Å²) in [6.45, 7) is 4.93. The number of hydrogen-bond acceptors (Lipinski definition) is 4. The van der Waals surface area contributed by atoms with Crippen molar-refractivity contribution in [3.8, 4) is 0 Å². The molecule has 1 atom stereocenters.